The van der Waals surface area contributed by atoms with Crippen LogP contribution in [0.1, 0.15) is 22.8 Å². The second-order valence-corrected chi connectivity index (χ2v) is 9.88. The first-order valence-corrected chi connectivity index (χ1v) is 12.6. The molecule has 0 aliphatic carbocycles. The third kappa shape index (κ3) is 4.79. The van der Waals surface area contributed by atoms with E-state index in [1.54, 1.807) is 56.4 Å². The van der Waals surface area contributed by atoms with Crippen molar-refractivity contribution in [3.8, 4) is 11.4 Å². The van der Waals surface area contributed by atoms with E-state index >= 15 is 0 Å². The lowest BCUT2D eigenvalue weighted by atomic mass is 10.1. The van der Waals surface area contributed by atoms with E-state index < -0.39 is 15.9 Å². The number of amides is 1. The van der Waals surface area contributed by atoms with Gasteiger partial charge in [-0.2, -0.15) is 0 Å². The van der Waals surface area contributed by atoms with Crippen molar-refractivity contribution in [1.82, 2.24) is 9.97 Å². The van der Waals surface area contributed by atoms with Crippen molar-refractivity contribution in [3.63, 3.8) is 0 Å². The molecule has 9 heteroatoms. The fourth-order valence-electron chi connectivity index (χ4n) is 3.36. The van der Waals surface area contributed by atoms with Gasteiger partial charge in [0.15, 0.2) is 5.13 Å². The summed E-state index contributed by atoms with van der Waals surface area (Å²) in [6, 6.07) is 19.1. The highest BCUT2D eigenvalue weighted by Crippen LogP contribution is 2.27. The molecular weight excluding hydrogens is 456 g/mol. The molecule has 0 radical (unpaired) electrons. The number of anilines is 2. The third-order valence-corrected chi connectivity index (χ3v) is 7.80. The van der Waals surface area contributed by atoms with Crippen LogP contribution in [0.5, 0.6) is 0 Å². The number of carbonyl (C=O) groups excluding carboxylic acids is 1. The Balaban J connectivity index is 1.61. The molecule has 4 aromatic rings. The van der Waals surface area contributed by atoms with Crippen molar-refractivity contribution in [2.24, 2.45) is 0 Å². The van der Waals surface area contributed by atoms with E-state index in [-0.39, 0.29) is 17.0 Å². The number of pyridine rings is 1. The van der Waals surface area contributed by atoms with Crippen LogP contribution in [-0.4, -0.2) is 30.8 Å². The minimum absolute atomic E-state index is 0.0918. The molecule has 0 spiro atoms. The van der Waals surface area contributed by atoms with E-state index in [1.807, 2.05) is 29.6 Å². The van der Waals surface area contributed by atoms with Crippen molar-refractivity contribution in [1.29, 1.82) is 0 Å². The summed E-state index contributed by atoms with van der Waals surface area (Å²) in [4.78, 5) is 21.7. The molecular formula is C24H22N4O3S2. The van der Waals surface area contributed by atoms with Gasteiger partial charge in [0, 0.05) is 23.7 Å². The maximum atomic E-state index is 13.5. The number of thiazole rings is 1. The molecule has 0 fully saturated rings. The largest absolute Gasteiger partial charge is 0.298 e. The van der Waals surface area contributed by atoms with Gasteiger partial charge in [-0.3, -0.25) is 19.4 Å². The molecule has 2 heterocycles. The highest BCUT2D eigenvalue weighted by atomic mass is 32.2. The van der Waals surface area contributed by atoms with Gasteiger partial charge in [-0.25, -0.2) is 13.4 Å². The first-order chi connectivity index (χ1) is 15.9. The predicted octanol–water partition coefficient (Wildman–Crippen LogP) is 4.98. The first-order valence-electron chi connectivity index (χ1n) is 10.3. The lowest BCUT2D eigenvalue weighted by Crippen LogP contribution is -2.31. The number of aromatic nitrogens is 2. The smallest absolute Gasteiger partial charge is 0.264 e. The van der Waals surface area contributed by atoms with E-state index in [0.29, 0.717) is 27.8 Å². The molecule has 0 aliphatic rings. The number of aryl methyl sites for hydroxylation is 1. The topological polar surface area (TPSA) is 92.3 Å². The van der Waals surface area contributed by atoms with Gasteiger partial charge >= 0.3 is 0 Å². The van der Waals surface area contributed by atoms with Crippen molar-refractivity contribution < 1.29 is 13.2 Å². The van der Waals surface area contributed by atoms with E-state index in [2.05, 4.69) is 15.3 Å². The molecule has 2 aromatic carbocycles. The van der Waals surface area contributed by atoms with Crippen LogP contribution in [0.25, 0.3) is 11.4 Å². The van der Waals surface area contributed by atoms with E-state index in [1.165, 1.54) is 21.7 Å². The Labute approximate surface area is 196 Å². The Morgan fingerprint density at radius 1 is 1.03 bits per heavy atom. The fraction of sp³-hybridized carbons (Fsp3) is 0.125. The van der Waals surface area contributed by atoms with Crippen LogP contribution in [0.3, 0.4) is 0 Å². The van der Waals surface area contributed by atoms with Gasteiger partial charge in [-0.15, -0.1) is 11.3 Å². The standard InChI is InChI=1S/C24H22N4O3S2/c1-3-28(19-9-5-4-6-10-19)33(30,31)22-15-18(13-12-17(22)2)23(29)27-24-26-21(16-32-24)20-11-7-8-14-25-20/h4-16H,3H2,1-2H3,(H,26,27,29). The van der Waals surface area contributed by atoms with Gasteiger partial charge in [0.1, 0.15) is 5.69 Å². The van der Waals surface area contributed by atoms with Gasteiger partial charge < -0.3 is 0 Å². The Morgan fingerprint density at radius 2 is 1.79 bits per heavy atom. The molecule has 1 amide bonds. The Bertz CT molecular complexity index is 1370. The van der Waals surface area contributed by atoms with Crippen LogP contribution < -0.4 is 9.62 Å². The number of rotatable bonds is 7. The summed E-state index contributed by atoms with van der Waals surface area (Å²) in [7, 11) is -3.86. The molecule has 0 unspecified atom stereocenters. The van der Waals surface area contributed by atoms with E-state index in [0.717, 1.165) is 0 Å². The normalized spacial score (nSPS) is 11.2. The predicted molar refractivity (Wildman–Crippen MR) is 131 cm³/mol. The monoisotopic (exact) mass is 478 g/mol. The zero-order valence-corrected chi connectivity index (χ0v) is 19.7. The minimum atomic E-state index is -3.86. The Morgan fingerprint density at radius 3 is 2.48 bits per heavy atom. The Hall–Kier alpha value is -3.56. The summed E-state index contributed by atoms with van der Waals surface area (Å²) in [6.07, 6.45) is 1.68. The molecule has 0 saturated heterocycles. The third-order valence-electron chi connectivity index (χ3n) is 5.00. The molecule has 1 N–H and O–H groups in total. The van der Waals surface area contributed by atoms with E-state index in [9.17, 15) is 13.2 Å². The number of carbonyl (C=O) groups is 1. The van der Waals surface area contributed by atoms with Crippen LogP contribution in [0, 0.1) is 6.92 Å². The van der Waals surface area contributed by atoms with E-state index in [4.69, 9.17) is 0 Å². The average Bonchev–Trinajstić information content (AvgIpc) is 3.29. The zero-order valence-electron chi connectivity index (χ0n) is 18.1. The second kappa shape index (κ2) is 9.51. The van der Waals surface area contributed by atoms with Crippen LogP contribution in [-0.2, 0) is 10.0 Å². The molecule has 168 valence electrons. The summed E-state index contributed by atoms with van der Waals surface area (Å²) in [5, 5.41) is 4.97. The summed E-state index contributed by atoms with van der Waals surface area (Å²) >= 11 is 1.28. The van der Waals surface area contributed by atoms with Crippen LogP contribution in [0.2, 0.25) is 0 Å². The SMILES string of the molecule is CCN(c1ccccc1)S(=O)(=O)c1cc(C(=O)Nc2nc(-c3ccccn3)cs2)ccc1C. The summed E-state index contributed by atoms with van der Waals surface area (Å²) in [6.45, 7) is 3.75. The Kier molecular flexibility index (Phi) is 6.52. The van der Waals surface area contributed by atoms with Gasteiger partial charge in [0.05, 0.1) is 16.3 Å². The number of nitrogens with one attached hydrogen (secondary N) is 1. The van der Waals surface area contributed by atoms with Gasteiger partial charge in [0.25, 0.3) is 15.9 Å². The maximum absolute atomic E-state index is 13.5. The van der Waals surface area contributed by atoms with Crippen LogP contribution >= 0.6 is 11.3 Å². The molecule has 0 aliphatic heterocycles. The first kappa shape index (κ1) is 22.6. The quantitative estimate of drug-likeness (QED) is 0.404. The van der Waals surface area contributed by atoms with Crippen molar-refractivity contribution >= 4 is 38.1 Å². The molecule has 0 atom stereocenters. The van der Waals surface area contributed by atoms with Gasteiger partial charge in [-0.05, 0) is 55.8 Å². The molecule has 4 rings (SSSR count). The molecule has 0 saturated carbocycles. The molecule has 0 bridgehead atoms. The maximum Gasteiger partial charge on any atom is 0.264 e. The van der Waals surface area contributed by atoms with Gasteiger partial charge in [0.2, 0.25) is 0 Å². The van der Waals surface area contributed by atoms with Crippen LogP contribution in [0.4, 0.5) is 10.8 Å². The summed E-state index contributed by atoms with van der Waals surface area (Å²) < 4.78 is 28.2. The number of nitrogens with zero attached hydrogens (tertiary/aromatic N) is 3. The average molecular weight is 479 g/mol. The minimum Gasteiger partial charge on any atom is -0.298 e. The zero-order chi connectivity index (χ0) is 23.4. The molecule has 7 nitrogen and oxygen atoms in total. The lowest BCUT2D eigenvalue weighted by molar-refractivity contribution is 0.102. The summed E-state index contributed by atoms with van der Waals surface area (Å²) in [5.74, 6) is -0.434. The molecule has 2 aromatic heterocycles. The second-order valence-electron chi connectivity index (χ2n) is 7.19. The number of hydrogen-bond acceptors (Lipinski definition) is 6. The van der Waals surface area contributed by atoms with Crippen molar-refractivity contribution in [2.45, 2.75) is 18.7 Å². The number of benzene rings is 2. The van der Waals surface area contributed by atoms with Crippen molar-refractivity contribution in [3.05, 3.63) is 89.4 Å². The highest BCUT2D eigenvalue weighted by Gasteiger charge is 2.26. The van der Waals surface area contributed by atoms with Crippen LogP contribution in [0.15, 0.2) is 83.2 Å². The summed E-state index contributed by atoms with van der Waals surface area (Å²) in [5.41, 5.74) is 2.73. The molecule has 33 heavy (non-hydrogen) atoms. The number of para-hydroxylation sites is 1. The number of sulfonamides is 1. The van der Waals surface area contributed by atoms with Gasteiger partial charge in [-0.1, -0.05) is 30.3 Å². The lowest BCUT2D eigenvalue weighted by Gasteiger charge is -2.24. The van der Waals surface area contributed by atoms with Crippen molar-refractivity contribution in [2.75, 3.05) is 16.2 Å². The highest BCUT2D eigenvalue weighted by molar-refractivity contribution is 7.92. The number of hydrogen-bond donors (Lipinski definition) is 1. The fourth-order valence-corrected chi connectivity index (χ4v) is 5.78.